The molecule has 0 bridgehead atoms. The second kappa shape index (κ2) is 2.62. The van der Waals surface area contributed by atoms with Crippen molar-refractivity contribution in [2.45, 2.75) is 0 Å². The molecule has 6 heteroatoms. The van der Waals surface area contributed by atoms with Crippen LogP contribution in [0.25, 0.3) is 0 Å². The molecule has 0 radical (unpaired) electrons. The van der Waals surface area contributed by atoms with E-state index in [1.807, 2.05) is 0 Å². The molecule has 0 saturated heterocycles. The highest BCUT2D eigenvalue weighted by molar-refractivity contribution is 9.10. The Balaban J connectivity index is 3.29. The summed E-state index contributed by atoms with van der Waals surface area (Å²) in [5.74, 6) is -1.23. The number of carboxylic acids is 1. The number of nitrogens with one attached hydrogen (secondary N) is 1. The van der Waals surface area contributed by atoms with Crippen LogP contribution in [-0.4, -0.2) is 29.0 Å². The second-order valence-electron chi connectivity index (χ2n) is 2.09. The zero-order valence-electron chi connectivity index (χ0n) is 5.68. The van der Waals surface area contributed by atoms with Crippen LogP contribution >= 0.6 is 15.9 Å². The SMILES string of the molecule is Bc1c(C(=O)O)[nH]c(O)c1Br. The molecule has 1 aromatic heterocycles. The smallest absolute Gasteiger partial charge is 0.351 e. The third kappa shape index (κ3) is 1.26. The minimum absolute atomic E-state index is 0.00868. The first-order chi connectivity index (χ1) is 5.04. The summed E-state index contributed by atoms with van der Waals surface area (Å²) in [5, 5.41) is 17.5. The summed E-state index contributed by atoms with van der Waals surface area (Å²) >= 11 is 3.02. The minimum Gasteiger partial charge on any atom is -0.494 e. The molecule has 0 aliphatic heterocycles. The third-order valence-electron chi connectivity index (χ3n) is 1.37. The number of aromatic hydroxyl groups is 1. The molecule has 3 N–H and O–H groups in total. The number of aromatic carboxylic acids is 1. The average molecular weight is 218 g/mol. The van der Waals surface area contributed by atoms with Crippen LogP contribution < -0.4 is 5.46 Å². The van der Waals surface area contributed by atoms with Crippen LogP contribution in [0.2, 0.25) is 0 Å². The van der Waals surface area contributed by atoms with Crippen LogP contribution in [0.15, 0.2) is 4.47 Å². The molecule has 0 unspecified atom stereocenters. The summed E-state index contributed by atoms with van der Waals surface area (Å²) in [5.41, 5.74) is 0.504. The Kier molecular flexibility index (Phi) is 1.95. The van der Waals surface area contributed by atoms with E-state index in [9.17, 15) is 4.79 Å². The predicted octanol–water partition coefficient (Wildman–Crippen LogP) is -0.561. The summed E-state index contributed by atoms with van der Waals surface area (Å²) < 4.78 is 0.398. The van der Waals surface area contributed by atoms with Crippen molar-refractivity contribution in [3.63, 3.8) is 0 Å². The third-order valence-corrected chi connectivity index (χ3v) is 2.34. The van der Waals surface area contributed by atoms with Crippen molar-refractivity contribution in [1.82, 2.24) is 4.98 Å². The molecule has 0 aliphatic rings. The van der Waals surface area contributed by atoms with Crippen molar-refractivity contribution in [2.24, 2.45) is 0 Å². The molecule has 0 amide bonds. The van der Waals surface area contributed by atoms with Crippen LogP contribution in [0, 0.1) is 0 Å². The number of aromatic nitrogens is 1. The van der Waals surface area contributed by atoms with Crippen LogP contribution in [0.5, 0.6) is 5.88 Å². The molecule has 4 nitrogen and oxygen atoms in total. The van der Waals surface area contributed by atoms with Gasteiger partial charge >= 0.3 is 5.97 Å². The second-order valence-corrected chi connectivity index (χ2v) is 2.89. The van der Waals surface area contributed by atoms with Gasteiger partial charge < -0.3 is 15.2 Å². The molecule has 0 fully saturated rings. The summed E-state index contributed by atoms with van der Waals surface area (Å²) in [6.07, 6.45) is 0. The maximum Gasteiger partial charge on any atom is 0.351 e. The van der Waals surface area contributed by atoms with Gasteiger partial charge in [-0.05, 0) is 21.4 Å². The van der Waals surface area contributed by atoms with Gasteiger partial charge in [0.1, 0.15) is 13.5 Å². The Bertz CT molecular complexity index is 309. The van der Waals surface area contributed by atoms with Gasteiger partial charge in [-0.25, -0.2) is 4.79 Å². The summed E-state index contributed by atoms with van der Waals surface area (Å²) in [6.45, 7) is 0. The van der Waals surface area contributed by atoms with Gasteiger partial charge in [-0.1, -0.05) is 0 Å². The Morgan fingerprint density at radius 3 is 2.36 bits per heavy atom. The maximum atomic E-state index is 10.4. The first kappa shape index (κ1) is 8.19. The number of carbonyl (C=O) groups is 1. The lowest BCUT2D eigenvalue weighted by atomic mass is 9.96. The number of hydrogen-bond donors (Lipinski definition) is 3. The van der Waals surface area contributed by atoms with Gasteiger partial charge in [0, 0.05) is 0 Å². The quantitative estimate of drug-likeness (QED) is 0.553. The zero-order valence-corrected chi connectivity index (χ0v) is 7.27. The van der Waals surface area contributed by atoms with Crippen LogP contribution in [-0.2, 0) is 0 Å². The highest BCUT2D eigenvalue weighted by Crippen LogP contribution is 2.20. The fraction of sp³-hybridized carbons (Fsp3) is 0. The van der Waals surface area contributed by atoms with Crippen molar-refractivity contribution in [2.75, 3.05) is 0 Å². The Labute approximate surface area is 71.8 Å². The van der Waals surface area contributed by atoms with E-state index in [1.54, 1.807) is 7.85 Å². The largest absolute Gasteiger partial charge is 0.494 e. The molecule has 11 heavy (non-hydrogen) atoms. The Morgan fingerprint density at radius 1 is 1.64 bits per heavy atom. The van der Waals surface area contributed by atoms with E-state index in [1.165, 1.54) is 0 Å². The monoisotopic (exact) mass is 217 g/mol. The number of aromatic amines is 1. The summed E-state index contributed by atoms with van der Waals surface area (Å²) in [4.78, 5) is 12.7. The number of H-pyrrole nitrogens is 1. The van der Waals surface area contributed by atoms with E-state index < -0.39 is 5.97 Å². The van der Waals surface area contributed by atoms with Crippen molar-refractivity contribution in [1.29, 1.82) is 0 Å². The van der Waals surface area contributed by atoms with Crippen molar-refractivity contribution in [3.8, 4) is 5.88 Å². The van der Waals surface area contributed by atoms with E-state index in [4.69, 9.17) is 10.2 Å². The molecular formula is C5H5BBrNO3. The van der Waals surface area contributed by atoms with Gasteiger partial charge in [0.05, 0.1) is 4.47 Å². The topological polar surface area (TPSA) is 73.3 Å². The van der Waals surface area contributed by atoms with Crippen LogP contribution in [0.4, 0.5) is 0 Å². The number of rotatable bonds is 1. The average Bonchev–Trinajstić information content (AvgIpc) is 2.17. The van der Waals surface area contributed by atoms with E-state index in [2.05, 4.69) is 20.9 Å². The molecule has 0 spiro atoms. The first-order valence-corrected chi connectivity index (χ1v) is 3.63. The molecular weight excluding hydrogens is 213 g/mol. The highest BCUT2D eigenvalue weighted by atomic mass is 79.9. The molecule has 58 valence electrons. The van der Waals surface area contributed by atoms with Crippen molar-refractivity contribution in [3.05, 3.63) is 10.2 Å². The first-order valence-electron chi connectivity index (χ1n) is 2.84. The predicted molar refractivity (Wildman–Crippen MR) is 45.3 cm³/mol. The van der Waals surface area contributed by atoms with Gasteiger partial charge in [0.15, 0.2) is 0 Å². The molecule has 1 rings (SSSR count). The van der Waals surface area contributed by atoms with Gasteiger partial charge in [-0.15, -0.1) is 0 Å². The van der Waals surface area contributed by atoms with Crippen molar-refractivity contribution < 1.29 is 15.0 Å². The molecule has 0 saturated carbocycles. The zero-order chi connectivity index (χ0) is 8.59. The van der Waals surface area contributed by atoms with E-state index in [0.717, 1.165) is 0 Å². The van der Waals surface area contributed by atoms with Crippen LogP contribution in [0.1, 0.15) is 10.5 Å². The van der Waals surface area contributed by atoms with E-state index >= 15 is 0 Å². The number of hydrogen-bond acceptors (Lipinski definition) is 2. The van der Waals surface area contributed by atoms with Gasteiger partial charge in [-0.3, -0.25) is 0 Å². The summed E-state index contributed by atoms with van der Waals surface area (Å²) in [7, 11) is 1.60. The van der Waals surface area contributed by atoms with Gasteiger partial charge in [-0.2, -0.15) is 0 Å². The molecule has 0 aliphatic carbocycles. The molecule has 0 atom stereocenters. The number of carboxylic acid groups (broad SMARTS) is 1. The lowest BCUT2D eigenvalue weighted by Crippen LogP contribution is -2.13. The van der Waals surface area contributed by atoms with Gasteiger partial charge in [0.2, 0.25) is 5.88 Å². The minimum atomic E-state index is -1.08. The molecule has 1 heterocycles. The fourth-order valence-corrected chi connectivity index (χ4v) is 1.07. The highest BCUT2D eigenvalue weighted by Gasteiger charge is 2.15. The summed E-state index contributed by atoms with van der Waals surface area (Å²) in [6, 6.07) is 0. The van der Waals surface area contributed by atoms with Gasteiger partial charge in [0.25, 0.3) is 0 Å². The van der Waals surface area contributed by atoms with E-state index in [0.29, 0.717) is 9.94 Å². The molecule has 1 aromatic rings. The van der Waals surface area contributed by atoms with E-state index in [-0.39, 0.29) is 11.6 Å². The standard InChI is InChI=1S/C5H5BBrNO3/c6-1-2(7)4(9)8-3(1)5(10)11/h8-9H,6H2,(H,10,11). The normalized spacial score (nSPS) is 9.91. The lowest BCUT2D eigenvalue weighted by molar-refractivity contribution is 0.0692. The fourth-order valence-electron chi connectivity index (χ4n) is 0.768. The Morgan fingerprint density at radius 2 is 2.18 bits per heavy atom. The van der Waals surface area contributed by atoms with Crippen LogP contribution in [0.3, 0.4) is 0 Å². The molecule has 0 aromatic carbocycles. The number of halogens is 1. The maximum absolute atomic E-state index is 10.4. The van der Waals surface area contributed by atoms with Crippen molar-refractivity contribution >= 4 is 35.2 Å². The lowest BCUT2D eigenvalue weighted by Gasteiger charge is -1.88. The Hall–Kier alpha value is -0.905.